The molecule has 1 aliphatic heterocycles. The SMILES string of the molecule is Cc1[nH]nc2nc(-c3ccc(NS(=O)(=O)C(C)C)cc3)nc(OC3CCN(C(C)C)CC3)c12. The monoisotopic (exact) mass is 472 g/mol. The van der Waals surface area contributed by atoms with Crippen LogP contribution in [0.15, 0.2) is 24.3 Å². The van der Waals surface area contributed by atoms with Crippen molar-refractivity contribution in [2.75, 3.05) is 17.8 Å². The molecule has 0 amide bonds. The zero-order valence-electron chi connectivity index (χ0n) is 19.8. The summed E-state index contributed by atoms with van der Waals surface area (Å²) in [6.45, 7) is 11.6. The standard InChI is InChI=1S/C23H32N6O3S/c1-14(2)29-12-10-19(11-13-29)32-23-20-16(5)26-27-22(20)24-21(25-23)17-6-8-18(9-7-17)28-33(30,31)15(3)4/h6-9,14-15,19,28H,10-13H2,1-5H3,(H,24,25,26,27). The van der Waals surface area contributed by atoms with Gasteiger partial charge in [0.1, 0.15) is 11.5 Å². The van der Waals surface area contributed by atoms with Gasteiger partial charge >= 0.3 is 0 Å². The van der Waals surface area contributed by atoms with Gasteiger partial charge in [-0.3, -0.25) is 9.82 Å². The first-order valence-corrected chi connectivity index (χ1v) is 12.9. The number of aromatic amines is 1. The molecule has 3 aromatic rings. The first kappa shape index (κ1) is 23.4. The number of hydrogen-bond donors (Lipinski definition) is 2. The molecule has 1 fully saturated rings. The van der Waals surface area contributed by atoms with Crippen molar-refractivity contribution >= 4 is 26.7 Å². The first-order chi connectivity index (χ1) is 15.6. The fourth-order valence-corrected chi connectivity index (χ4v) is 4.58. The van der Waals surface area contributed by atoms with Gasteiger partial charge in [0.25, 0.3) is 0 Å². The van der Waals surface area contributed by atoms with Crippen molar-refractivity contribution in [3.8, 4) is 17.3 Å². The van der Waals surface area contributed by atoms with Crippen LogP contribution in [0.1, 0.15) is 46.2 Å². The lowest BCUT2D eigenvalue weighted by Gasteiger charge is -2.34. The number of sulfonamides is 1. The molecule has 33 heavy (non-hydrogen) atoms. The Labute approximate surface area is 195 Å². The molecule has 0 atom stereocenters. The van der Waals surface area contributed by atoms with Crippen LogP contribution in [0.3, 0.4) is 0 Å². The molecule has 2 aromatic heterocycles. The topological polar surface area (TPSA) is 113 Å². The number of aromatic nitrogens is 4. The number of likely N-dealkylation sites (tertiary alicyclic amines) is 1. The molecule has 0 bridgehead atoms. The molecule has 2 N–H and O–H groups in total. The van der Waals surface area contributed by atoms with Crippen LogP contribution in [0.4, 0.5) is 5.69 Å². The van der Waals surface area contributed by atoms with E-state index in [-0.39, 0.29) is 6.10 Å². The van der Waals surface area contributed by atoms with E-state index in [4.69, 9.17) is 9.72 Å². The summed E-state index contributed by atoms with van der Waals surface area (Å²) in [4.78, 5) is 11.8. The van der Waals surface area contributed by atoms with E-state index in [1.165, 1.54) is 0 Å². The summed E-state index contributed by atoms with van der Waals surface area (Å²) in [5, 5.41) is 7.59. The van der Waals surface area contributed by atoms with E-state index < -0.39 is 15.3 Å². The molecule has 1 aliphatic rings. The number of nitrogens with one attached hydrogen (secondary N) is 2. The number of hydrogen-bond acceptors (Lipinski definition) is 7. The fourth-order valence-electron chi connectivity index (χ4n) is 3.88. The van der Waals surface area contributed by atoms with E-state index in [1.807, 2.05) is 6.92 Å². The smallest absolute Gasteiger partial charge is 0.235 e. The predicted molar refractivity (Wildman–Crippen MR) is 130 cm³/mol. The fraction of sp³-hybridized carbons (Fsp3) is 0.522. The summed E-state index contributed by atoms with van der Waals surface area (Å²) >= 11 is 0. The van der Waals surface area contributed by atoms with Crippen LogP contribution in [0.25, 0.3) is 22.4 Å². The van der Waals surface area contributed by atoms with Crippen molar-refractivity contribution < 1.29 is 13.2 Å². The Hall–Kier alpha value is -2.72. The second kappa shape index (κ2) is 9.26. The molecule has 0 spiro atoms. The number of fused-ring (bicyclic) bond motifs is 1. The zero-order chi connectivity index (χ0) is 23.8. The van der Waals surface area contributed by atoms with E-state index in [0.29, 0.717) is 29.1 Å². The summed E-state index contributed by atoms with van der Waals surface area (Å²) in [5.41, 5.74) is 2.67. The van der Waals surface area contributed by atoms with Crippen LogP contribution in [-0.2, 0) is 10.0 Å². The van der Waals surface area contributed by atoms with Crippen LogP contribution in [0, 0.1) is 6.92 Å². The maximum absolute atomic E-state index is 12.1. The molecule has 178 valence electrons. The van der Waals surface area contributed by atoms with Crippen LogP contribution in [-0.4, -0.2) is 64.0 Å². The molecule has 0 radical (unpaired) electrons. The highest BCUT2D eigenvalue weighted by Gasteiger charge is 2.25. The first-order valence-electron chi connectivity index (χ1n) is 11.4. The van der Waals surface area contributed by atoms with Crippen molar-refractivity contribution in [1.29, 1.82) is 0 Å². The van der Waals surface area contributed by atoms with Gasteiger partial charge in [-0.05, 0) is 71.7 Å². The third-order valence-electron chi connectivity index (χ3n) is 6.07. The normalized spacial score (nSPS) is 16.1. The molecular formula is C23H32N6O3S. The molecule has 9 nitrogen and oxygen atoms in total. The summed E-state index contributed by atoms with van der Waals surface area (Å²) in [5.74, 6) is 1.02. The molecule has 1 saturated heterocycles. The molecular weight excluding hydrogens is 440 g/mol. The molecule has 0 aliphatic carbocycles. The average molecular weight is 473 g/mol. The molecule has 4 rings (SSSR count). The highest BCUT2D eigenvalue weighted by molar-refractivity contribution is 7.93. The van der Waals surface area contributed by atoms with Crippen molar-refractivity contribution in [2.45, 2.75) is 64.9 Å². The van der Waals surface area contributed by atoms with E-state index >= 15 is 0 Å². The lowest BCUT2D eigenvalue weighted by atomic mass is 10.1. The van der Waals surface area contributed by atoms with Crippen molar-refractivity contribution in [2.24, 2.45) is 0 Å². The number of benzene rings is 1. The molecule has 10 heteroatoms. The minimum Gasteiger partial charge on any atom is -0.474 e. The number of H-pyrrole nitrogens is 1. The van der Waals surface area contributed by atoms with Gasteiger partial charge in [0.05, 0.1) is 5.25 Å². The van der Waals surface area contributed by atoms with Crippen molar-refractivity contribution in [3.05, 3.63) is 30.0 Å². The van der Waals surface area contributed by atoms with Crippen molar-refractivity contribution in [3.63, 3.8) is 0 Å². The second-order valence-corrected chi connectivity index (χ2v) is 11.4. The summed E-state index contributed by atoms with van der Waals surface area (Å²) < 4.78 is 33.2. The Morgan fingerprint density at radius 1 is 1.09 bits per heavy atom. The maximum atomic E-state index is 12.1. The van der Waals surface area contributed by atoms with Gasteiger partial charge in [0.15, 0.2) is 11.5 Å². The Bertz CT molecular complexity index is 1210. The highest BCUT2D eigenvalue weighted by atomic mass is 32.2. The number of piperidine rings is 1. The predicted octanol–water partition coefficient (Wildman–Crippen LogP) is 3.73. The minimum atomic E-state index is -3.41. The quantitative estimate of drug-likeness (QED) is 0.539. The van der Waals surface area contributed by atoms with Gasteiger partial charge in [0.2, 0.25) is 15.9 Å². The Balaban J connectivity index is 1.59. The lowest BCUT2D eigenvalue weighted by molar-refractivity contribution is 0.0824. The maximum Gasteiger partial charge on any atom is 0.235 e. The van der Waals surface area contributed by atoms with Gasteiger partial charge in [0, 0.05) is 36.1 Å². The van der Waals surface area contributed by atoms with Crippen molar-refractivity contribution in [1.82, 2.24) is 25.1 Å². The average Bonchev–Trinajstić information content (AvgIpc) is 3.15. The Morgan fingerprint density at radius 2 is 1.76 bits per heavy atom. The van der Waals surface area contributed by atoms with E-state index in [0.717, 1.165) is 42.6 Å². The van der Waals surface area contributed by atoms with Gasteiger partial charge < -0.3 is 9.64 Å². The third kappa shape index (κ3) is 5.11. The third-order valence-corrected chi connectivity index (χ3v) is 7.83. The van der Waals surface area contributed by atoms with Gasteiger partial charge in [-0.25, -0.2) is 13.4 Å². The number of aryl methyl sites for hydroxylation is 1. The van der Waals surface area contributed by atoms with Crippen LogP contribution < -0.4 is 9.46 Å². The van der Waals surface area contributed by atoms with Gasteiger partial charge in [-0.1, -0.05) is 0 Å². The summed E-state index contributed by atoms with van der Waals surface area (Å²) in [6, 6.07) is 7.54. The minimum absolute atomic E-state index is 0.0908. The van der Waals surface area contributed by atoms with Crippen LogP contribution in [0.5, 0.6) is 5.88 Å². The summed E-state index contributed by atoms with van der Waals surface area (Å²) in [6.07, 6.45) is 1.98. The van der Waals surface area contributed by atoms with Crippen LogP contribution in [0.2, 0.25) is 0 Å². The molecule has 0 saturated carbocycles. The number of anilines is 1. The molecule has 0 unspecified atom stereocenters. The molecule has 3 heterocycles. The highest BCUT2D eigenvalue weighted by Crippen LogP contribution is 2.30. The number of ether oxygens (including phenoxy) is 1. The van der Waals surface area contributed by atoms with Gasteiger partial charge in [-0.15, -0.1) is 0 Å². The number of nitrogens with zero attached hydrogens (tertiary/aromatic N) is 4. The van der Waals surface area contributed by atoms with E-state index in [2.05, 4.69) is 38.7 Å². The Kier molecular flexibility index (Phi) is 6.58. The lowest BCUT2D eigenvalue weighted by Crippen LogP contribution is -2.41. The second-order valence-electron chi connectivity index (χ2n) is 9.12. The van der Waals surface area contributed by atoms with Crippen LogP contribution >= 0.6 is 0 Å². The zero-order valence-corrected chi connectivity index (χ0v) is 20.6. The Morgan fingerprint density at radius 3 is 2.36 bits per heavy atom. The molecule has 1 aromatic carbocycles. The van der Waals surface area contributed by atoms with E-state index in [1.54, 1.807) is 38.1 Å². The van der Waals surface area contributed by atoms with Gasteiger partial charge in [-0.2, -0.15) is 10.1 Å². The largest absolute Gasteiger partial charge is 0.474 e. The van der Waals surface area contributed by atoms with E-state index in [9.17, 15) is 8.42 Å². The number of rotatable bonds is 7. The summed E-state index contributed by atoms with van der Waals surface area (Å²) in [7, 11) is -3.41.